The summed E-state index contributed by atoms with van der Waals surface area (Å²) in [6.45, 7) is 3.58. The van der Waals surface area contributed by atoms with Gasteiger partial charge in [-0.15, -0.1) is 0 Å². The average molecular weight is 323 g/mol. The minimum absolute atomic E-state index is 0.176. The molecule has 0 atom stereocenters. The second-order valence-electron chi connectivity index (χ2n) is 5.60. The lowest BCUT2D eigenvalue weighted by Crippen LogP contribution is -2.14. The molecule has 6 nitrogen and oxygen atoms in total. The summed E-state index contributed by atoms with van der Waals surface area (Å²) < 4.78 is 5.12. The number of nitrogens with zero attached hydrogens (tertiary/aromatic N) is 1. The molecule has 0 unspecified atom stereocenters. The Labute approximate surface area is 138 Å². The number of carbonyl (C=O) groups is 2. The highest BCUT2D eigenvalue weighted by molar-refractivity contribution is 6.11. The maximum atomic E-state index is 12.4. The number of amides is 1. The number of aromatic amines is 1. The predicted octanol–water partition coefficient (Wildman–Crippen LogP) is 3.38. The number of nitrogens with one attached hydrogen (secondary N) is 2. The Hall–Kier alpha value is -3.15. The zero-order valence-electron chi connectivity index (χ0n) is 13.4. The Kier molecular flexibility index (Phi) is 4.29. The molecule has 6 heteroatoms. The van der Waals surface area contributed by atoms with Crippen LogP contribution in [0.1, 0.15) is 34.7 Å². The van der Waals surface area contributed by atoms with Gasteiger partial charge < -0.3 is 10.1 Å². The lowest BCUT2D eigenvalue weighted by Gasteiger charge is -2.08. The lowest BCUT2D eigenvalue weighted by molar-refractivity contribution is 0.0378. The van der Waals surface area contributed by atoms with E-state index in [1.165, 1.54) is 0 Å². The van der Waals surface area contributed by atoms with Gasteiger partial charge in [-0.1, -0.05) is 18.2 Å². The van der Waals surface area contributed by atoms with Gasteiger partial charge in [-0.3, -0.25) is 9.89 Å². The molecule has 3 rings (SSSR count). The Morgan fingerprint density at radius 2 is 1.79 bits per heavy atom. The first-order valence-corrected chi connectivity index (χ1v) is 7.60. The topological polar surface area (TPSA) is 84.1 Å². The van der Waals surface area contributed by atoms with Gasteiger partial charge in [0.1, 0.15) is 0 Å². The lowest BCUT2D eigenvalue weighted by atomic mass is 10.2. The molecule has 0 bridgehead atoms. The van der Waals surface area contributed by atoms with E-state index >= 15 is 0 Å². The van der Waals surface area contributed by atoms with Gasteiger partial charge in [0, 0.05) is 11.1 Å². The molecule has 0 spiro atoms. The molecule has 24 heavy (non-hydrogen) atoms. The van der Waals surface area contributed by atoms with Crippen LogP contribution < -0.4 is 5.32 Å². The fraction of sp³-hybridized carbons (Fsp3) is 0.167. The van der Waals surface area contributed by atoms with Crippen LogP contribution in [0.15, 0.2) is 48.5 Å². The van der Waals surface area contributed by atoms with Gasteiger partial charge in [0.2, 0.25) is 0 Å². The summed E-state index contributed by atoms with van der Waals surface area (Å²) in [4.78, 5) is 24.2. The predicted molar refractivity (Wildman–Crippen MR) is 91.0 cm³/mol. The van der Waals surface area contributed by atoms with Gasteiger partial charge in [-0.25, -0.2) is 4.79 Å². The van der Waals surface area contributed by atoms with Crippen LogP contribution in [0.4, 0.5) is 5.69 Å². The number of fused-ring (bicyclic) bond motifs is 1. The maximum Gasteiger partial charge on any atom is 0.338 e. The minimum atomic E-state index is -0.388. The van der Waals surface area contributed by atoms with Gasteiger partial charge in [0.05, 0.1) is 17.2 Å². The van der Waals surface area contributed by atoms with Crippen LogP contribution in [-0.4, -0.2) is 28.2 Å². The molecule has 1 amide bonds. The molecule has 2 aromatic carbocycles. The van der Waals surface area contributed by atoms with Crippen LogP contribution in [-0.2, 0) is 4.74 Å². The summed E-state index contributed by atoms with van der Waals surface area (Å²) in [7, 11) is 0. The van der Waals surface area contributed by atoms with Crippen molar-refractivity contribution in [3.05, 3.63) is 59.8 Å². The van der Waals surface area contributed by atoms with Crippen LogP contribution in [0.5, 0.6) is 0 Å². The van der Waals surface area contributed by atoms with Crippen molar-refractivity contribution >= 4 is 28.5 Å². The Balaban J connectivity index is 1.74. The van der Waals surface area contributed by atoms with E-state index in [1.807, 2.05) is 24.3 Å². The number of esters is 1. The summed E-state index contributed by atoms with van der Waals surface area (Å²) in [6, 6.07) is 14.0. The molecule has 0 aliphatic rings. The van der Waals surface area contributed by atoms with Crippen LogP contribution in [0.3, 0.4) is 0 Å². The van der Waals surface area contributed by atoms with Crippen molar-refractivity contribution in [3.63, 3.8) is 0 Å². The highest BCUT2D eigenvalue weighted by Crippen LogP contribution is 2.17. The quantitative estimate of drug-likeness (QED) is 0.721. The summed E-state index contributed by atoms with van der Waals surface area (Å²) in [6.07, 6.45) is -0.176. The Morgan fingerprint density at radius 3 is 2.50 bits per heavy atom. The number of rotatable bonds is 4. The second-order valence-corrected chi connectivity index (χ2v) is 5.60. The molecule has 3 aromatic rings. The van der Waals surface area contributed by atoms with E-state index in [1.54, 1.807) is 38.1 Å². The zero-order chi connectivity index (χ0) is 17.1. The van der Waals surface area contributed by atoms with Crippen molar-refractivity contribution in [3.8, 4) is 0 Å². The molecular formula is C18H17N3O3. The van der Waals surface area contributed by atoms with Crippen molar-refractivity contribution in [2.75, 3.05) is 5.32 Å². The molecule has 122 valence electrons. The maximum absolute atomic E-state index is 12.4. The molecule has 0 fully saturated rings. The van der Waals surface area contributed by atoms with Gasteiger partial charge in [0.25, 0.3) is 5.91 Å². The van der Waals surface area contributed by atoms with Crippen molar-refractivity contribution in [1.82, 2.24) is 10.2 Å². The summed E-state index contributed by atoms with van der Waals surface area (Å²) in [5, 5.41) is 10.4. The monoisotopic (exact) mass is 323 g/mol. The Bertz CT molecular complexity index is 882. The molecule has 0 saturated heterocycles. The van der Waals surface area contributed by atoms with Crippen LogP contribution in [0, 0.1) is 0 Å². The summed E-state index contributed by atoms with van der Waals surface area (Å²) in [5.74, 6) is -0.703. The number of hydrogen-bond acceptors (Lipinski definition) is 4. The van der Waals surface area contributed by atoms with Crippen LogP contribution in [0.25, 0.3) is 10.9 Å². The van der Waals surface area contributed by atoms with Crippen molar-refractivity contribution in [2.24, 2.45) is 0 Å². The molecule has 1 heterocycles. The van der Waals surface area contributed by atoms with Gasteiger partial charge in [-0.2, -0.15) is 5.10 Å². The van der Waals surface area contributed by atoms with Crippen molar-refractivity contribution in [1.29, 1.82) is 0 Å². The first-order chi connectivity index (χ1) is 11.5. The molecule has 0 aliphatic carbocycles. The fourth-order valence-electron chi connectivity index (χ4n) is 2.30. The van der Waals surface area contributed by atoms with E-state index < -0.39 is 0 Å². The largest absolute Gasteiger partial charge is 0.459 e. The number of aromatic nitrogens is 2. The highest BCUT2D eigenvalue weighted by Gasteiger charge is 2.14. The van der Waals surface area contributed by atoms with E-state index in [-0.39, 0.29) is 18.0 Å². The molecule has 1 aromatic heterocycles. The van der Waals surface area contributed by atoms with Gasteiger partial charge in [0.15, 0.2) is 5.69 Å². The van der Waals surface area contributed by atoms with Gasteiger partial charge >= 0.3 is 5.97 Å². The standard InChI is InChI=1S/C18H17N3O3/c1-11(2)24-18(23)12-7-9-13(10-8-12)19-17(22)16-14-5-3-4-6-15(14)20-21-16/h3-11H,1-2H3,(H,19,22)(H,20,21). The number of hydrogen-bond donors (Lipinski definition) is 2. The van der Waals surface area contributed by atoms with E-state index in [9.17, 15) is 9.59 Å². The fourth-order valence-corrected chi connectivity index (χ4v) is 2.30. The number of para-hydroxylation sites is 1. The number of carbonyl (C=O) groups excluding carboxylic acids is 2. The zero-order valence-corrected chi connectivity index (χ0v) is 13.4. The van der Waals surface area contributed by atoms with E-state index in [0.717, 1.165) is 10.9 Å². The molecular weight excluding hydrogens is 306 g/mol. The van der Waals surface area contributed by atoms with Crippen LogP contribution >= 0.6 is 0 Å². The number of ether oxygens (including phenoxy) is 1. The third-order valence-electron chi connectivity index (χ3n) is 3.41. The average Bonchev–Trinajstić information content (AvgIpc) is 2.99. The minimum Gasteiger partial charge on any atom is -0.459 e. The summed E-state index contributed by atoms with van der Waals surface area (Å²) in [5.41, 5.74) is 2.14. The number of H-pyrrole nitrogens is 1. The van der Waals surface area contributed by atoms with Crippen molar-refractivity contribution in [2.45, 2.75) is 20.0 Å². The van der Waals surface area contributed by atoms with Crippen LogP contribution in [0.2, 0.25) is 0 Å². The Morgan fingerprint density at radius 1 is 1.08 bits per heavy atom. The second kappa shape index (κ2) is 6.54. The normalized spacial score (nSPS) is 10.8. The highest BCUT2D eigenvalue weighted by atomic mass is 16.5. The van der Waals surface area contributed by atoms with E-state index in [0.29, 0.717) is 16.9 Å². The third-order valence-corrected chi connectivity index (χ3v) is 3.41. The smallest absolute Gasteiger partial charge is 0.338 e. The first kappa shape index (κ1) is 15.7. The third kappa shape index (κ3) is 3.27. The molecule has 0 saturated carbocycles. The SMILES string of the molecule is CC(C)OC(=O)c1ccc(NC(=O)c2n[nH]c3ccccc23)cc1. The summed E-state index contributed by atoms with van der Waals surface area (Å²) >= 11 is 0. The number of anilines is 1. The van der Waals surface area contributed by atoms with E-state index in [2.05, 4.69) is 15.5 Å². The van der Waals surface area contributed by atoms with Gasteiger partial charge in [-0.05, 0) is 44.2 Å². The molecule has 2 N–H and O–H groups in total. The number of benzene rings is 2. The van der Waals surface area contributed by atoms with E-state index in [4.69, 9.17) is 4.74 Å². The molecule has 0 aliphatic heterocycles. The first-order valence-electron chi connectivity index (χ1n) is 7.60. The molecule has 0 radical (unpaired) electrons. The van der Waals surface area contributed by atoms with Crippen molar-refractivity contribution < 1.29 is 14.3 Å².